The van der Waals surface area contributed by atoms with Gasteiger partial charge in [0.1, 0.15) is 0 Å². The Balaban J connectivity index is -0.00000116. The first-order chi connectivity index (χ1) is 16.7. The average molecular weight is 477 g/mol. The van der Waals surface area contributed by atoms with Crippen molar-refractivity contribution in [2.45, 2.75) is 104 Å². The summed E-state index contributed by atoms with van der Waals surface area (Å²) < 4.78 is 0. The van der Waals surface area contributed by atoms with Crippen LogP contribution in [0.5, 0.6) is 0 Å². The van der Waals surface area contributed by atoms with Gasteiger partial charge in [0, 0.05) is 0 Å². The Bertz CT molecular complexity index is 1110. The van der Waals surface area contributed by atoms with Gasteiger partial charge in [0.2, 0.25) is 0 Å². The third-order valence-electron chi connectivity index (χ3n) is 5.19. The van der Waals surface area contributed by atoms with Gasteiger partial charge in [-0.1, -0.05) is 122 Å². The molecule has 0 radical (unpaired) electrons. The van der Waals surface area contributed by atoms with Crippen LogP contribution >= 0.6 is 0 Å². The second-order valence-corrected chi connectivity index (χ2v) is 7.51. The fourth-order valence-corrected chi connectivity index (χ4v) is 4.28. The predicted molar refractivity (Wildman–Crippen MR) is 171 cm³/mol. The average Bonchev–Trinajstić information content (AvgIpc) is 2.87. The van der Waals surface area contributed by atoms with Crippen molar-refractivity contribution < 1.29 is 0 Å². The van der Waals surface area contributed by atoms with Crippen LogP contribution < -0.4 is 10.4 Å². The molecule has 0 atom stereocenters. The van der Waals surface area contributed by atoms with Crippen LogP contribution in [-0.2, 0) is 0 Å². The van der Waals surface area contributed by atoms with E-state index in [0.29, 0.717) is 0 Å². The summed E-state index contributed by atoms with van der Waals surface area (Å²) in [6.45, 7) is 43.6. The van der Waals surface area contributed by atoms with Crippen LogP contribution in [0, 0.1) is 6.92 Å². The van der Waals surface area contributed by atoms with Crippen LogP contribution in [-0.4, -0.2) is 0 Å². The summed E-state index contributed by atoms with van der Waals surface area (Å²) in [6.07, 6.45) is 6.43. The molecule has 0 nitrogen and oxygen atoms in total. The molecule has 0 unspecified atom stereocenters. The minimum absolute atomic E-state index is 1.08. The van der Waals surface area contributed by atoms with Gasteiger partial charge in [-0.05, 0) is 97.5 Å². The van der Waals surface area contributed by atoms with Gasteiger partial charge < -0.3 is 0 Å². The first-order valence-corrected chi connectivity index (χ1v) is 13.5. The first-order valence-electron chi connectivity index (χ1n) is 13.5. The fraction of sp³-hybridized carbons (Fsp3) is 0.429. The molecule has 0 aliphatic carbocycles. The van der Waals surface area contributed by atoms with Crippen molar-refractivity contribution in [1.82, 2.24) is 0 Å². The number of fused-ring (bicyclic) bond motifs is 1. The molecule has 0 N–H and O–H groups in total. The summed E-state index contributed by atoms with van der Waals surface area (Å²) in [6, 6.07) is 4.42. The molecule has 196 valence electrons. The zero-order valence-electron chi connectivity index (χ0n) is 26.0. The lowest BCUT2D eigenvalue weighted by molar-refractivity contribution is 1.33. The minimum atomic E-state index is 1.08. The zero-order chi connectivity index (χ0) is 28.5. The van der Waals surface area contributed by atoms with E-state index < -0.39 is 0 Å². The second-order valence-electron chi connectivity index (χ2n) is 7.51. The van der Waals surface area contributed by atoms with E-state index in [2.05, 4.69) is 92.5 Å². The number of hydrogen-bond acceptors (Lipinski definition) is 0. The minimum Gasteiger partial charge on any atom is -0.0984 e. The first kappa shape index (κ1) is 37.0. The Morgan fingerprint density at radius 3 is 1.49 bits per heavy atom. The molecular formula is C35H56. The van der Waals surface area contributed by atoms with Crippen LogP contribution in [0.1, 0.15) is 119 Å². The summed E-state index contributed by atoms with van der Waals surface area (Å²) in [7, 11) is 0. The molecule has 0 amide bonds. The van der Waals surface area contributed by atoms with E-state index >= 15 is 0 Å². The van der Waals surface area contributed by atoms with Crippen molar-refractivity contribution in [3.8, 4) is 0 Å². The van der Waals surface area contributed by atoms with Crippen LogP contribution in [0.4, 0.5) is 0 Å². The Hall–Kier alpha value is -2.60. The van der Waals surface area contributed by atoms with Crippen molar-refractivity contribution in [2.24, 2.45) is 0 Å². The molecule has 0 aliphatic rings. The van der Waals surface area contributed by atoms with Gasteiger partial charge in [-0.25, -0.2) is 0 Å². The number of aryl methyl sites for hydroxylation is 1. The molecule has 2 aromatic carbocycles. The van der Waals surface area contributed by atoms with Gasteiger partial charge in [-0.3, -0.25) is 0 Å². The van der Waals surface area contributed by atoms with Crippen LogP contribution in [0.3, 0.4) is 0 Å². The highest BCUT2D eigenvalue weighted by molar-refractivity contribution is 6.03. The molecule has 0 saturated carbocycles. The molecule has 0 bridgehead atoms. The topological polar surface area (TPSA) is 0 Å². The smallest absolute Gasteiger partial charge is 0.00247 e. The maximum absolute atomic E-state index is 4.27. The molecule has 0 spiro atoms. The molecule has 0 fully saturated rings. The highest BCUT2D eigenvalue weighted by Crippen LogP contribution is 2.33. The molecule has 0 heteroatoms. The maximum Gasteiger partial charge on any atom is -0.00247 e. The van der Waals surface area contributed by atoms with Crippen molar-refractivity contribution in [3.63, 3.8) is 0 Å². The van der Waals surface area contributed by atoms with Crippen LogP contribution in [0.25, 0.3) is 40.1 Å². The third kappa shape index (κ3) is 8.53. The highest BCUT2D eigenvalue weighted by Gasteiger charge is 2.18. The molecule has 0 aliphatic heterocycles. The number of hydrogen-bond donors (Lipinski definition) is 0. The Kier molecular flexibility index (Phi) is 20.8. The number of allylic oxidation sites excluding steroid dienone is 4. The van der Waals surface area contributed by atoms with E-state index in [4.69, 9.17) is 0 Å². The van der Waals surface area contributed by atoms with Crippen molar-refractivity contribution in [2.75, 3.05) is 0 Å². The van der Waals surface area contributed by atoms with Crippen LogP contribution in [0.2, 0.25) is 0 Å². The normalized spacial score (nSPS) is 10.3. The van der Waals surface area contributed by atoms with E-state index in [1.165, 1.54) is 54.6 Å². The predicted octanol–water partition coefficient (Wildman–Crippen LogP) is 10.9. The second kappa shape index (κ2) is 19.7. The lowest BCUT2D eigenvalue weighted by atomic mass is 9.83. The quantitative estimate of drug-likeness (QED) is 0.385. The summed E-state index contributed by atoms with van der Waals surface area (Å²) in [5.41, 5.74) is 9.56. The number of benzene rings is 2. The van der Waals surface area contributed by atoms with Crippen molar-refractivity contribution in [1.29, 1.82) is 0 Å². The zero-order valence-corrected chi connectivity index (χ0v) is 26.0. The van der Waals surface area contributed by atoms with Gasteiger partial charge in [-0.15, -0.1) is 0 Å². The molecule has 0 saturated heterocycles. The maximum atomic E-state index is 4.27. The van der Waals surface area contributed by atoms with Crippen molar-refractivity contribution in [3.05, 3.63) is 75.7 Å². The Morgan fingerprint density at radius 1 is 0.714 bits per heavy atom. The van der Waals surface area contributed by atoms with Gasteiger partial charge >= 0.3 is 0 Å². The molecule has 0 heterocycles. The summed E-state index contributed by atoms with van der Waals surface area (Å²) in [5, 5.41) is 5.00. The van der Waals surface area contributed by atoms with Gasteiger partial charge in [-0.2, -0.15) is 0 Å². The summed E-state index contributed by atoms with van der Waals surface area (Å²) in [4.78, 5) is 0. The molecule has 2 aromatic rings. The largest absolute Gasteiger partial charge is 0.0984 e. The SMILES string of the molecule is C=Cc1c(C(C(=C)C)=C(C)C)c(=C\C)/c(=C/C)c2c(C(=C)C)c(C)ccc12.CC.CC.CC.CC. The summed E-state index contributed by atoms with van der Waals surface area (Å²) >= 11 is 0. The van der Waals surface area contributed by atoms with Gasteiger partial charge in [0.25, 0.3) is 0 Å². The van der Waals surface area contributed by atoms with Crippen LogP contribution in [0.15, 0.2) is 43.0 Å². The standard InChI is InChI=1S/C27H32.4C2H6/c1-11-20-21(12-2)27-23(15-14-19(10)25(27)18(8)9)22(13-3)26(20)24(16(4)5)17(6)7;4*1-2/h11-15H,3-4,8H2,1-2,5-7,9-10H3;4*1-2H3/b20-11-,21-12-;;;;. The summed E-state index contributed by atoms with van der Waals surface area (Å²) in [5.74, 6) is 0. The van der Waals surface area contributed by atoms with E-state index in [-0.39, 0.29) is 0 Å². The third-order valence-corrected chi connectivity index (χ3v) is 5.19. The monoisotopic (exact) mass is 476 g/mol. The van der Waals surface area contributed by atoms with Crippen molar-refractivity contribution >= 4 is 40.1 Å². The molecule has 0 aromatic heterocycles. The van der Waals surface area contributed by atoms with E-state index in [1.807, 2.05) is 61.5 Å². The Labute approximate surface area is 219 Å². The van der Waals surface area contributed by atoms with E-state index in [1.54, 1.807) is 0 Å². The molecular weight excluding hydrogens is 420 g/mol. The lowest BCUT2D eigenvalue weighted by Gasteiger charge is -2.20. The molecule has 2 rings (SSSR count). The van der Waals surface area contributed by atoms with Gasteiger partial charge in [0.15, 0.2) is 0 Å². The Morgan fingerprint density at radius 2 is 1.17 bits per heavy atom. The fourth-order valence-electron chi connectivity index (χ4n) is 4.28. The lowest BCUT2D eigenvalue weighted by Crippen LogP contribution is -2.31. The van der Waals surface area contributed by atoms with E-state index in [9.17, 15) is 0 Å². The van der Waals surface area contributed by atoms with Gasteiger partial charge in [0.05, 0.1) is 0 Å². The molecule has 35 heavy (non-hydrogen) atoms. The highest BCUT2D eigenvalue weighted by atomic mass is 14.2. The number of rotatable bonds is 4. The van der Waals surface area contributed by atoms with E-state index in [0.717, 1.165) is 11.1 Å².